The van der Waals surface area contributed by atoms with Gasteiger partial charge in [0, 0.05) is 13.0 Å². The molecule has 1 aromatic rings. The Morgan fingerprint density at radius 2 is 1.85 bits per heavy atom. The number of nitrogens with one attached hydrogen (secondary N) is 1. The fourth-order valence-corrected chi connectivity index (χ4v) is 2.83. The molecule has 2 atom stereocenters. The number of hydrogen-bond acceptors (Lipinski definition) is 5. The van der Waals surface area contributed by atoms with Crippen molar-refractivity contribution in [2.45, 2.75) is 58.2 Å². The van der Waals surface area contributed by atoms with Crippen LogP contribution in [0.1, 0.15) is 45.6 Å². The second kappa shape index (κ2) is 10.3. The van der Waals surface area contributed by atoms with E-state index >= 15 is 0 Å². The van der Waals surface area contributed by atoms with Crippen molar-refractivity contribution in [1.82, 2.24) is 10.4 Å². The molecule has 146 valence electrons. The predicted octanol–water partition coefficient (Wildman–Crippen LogP) is 0.910. The zero-order valence-corrected chi connectivity index (χ0v) is 15.9. The van der Waals surface area contributed by atoms with Gasteiger partial charge >= 0.3 is 0 Å². The summed E-state index contributed by atoms with van der Waals surface area (Å²) in [6, 6.07) is 8.44. The summed E-state index contributed by atoms with van der Waals surface area (Å²) in [7, 11) is 0. The summed E-state index contributed by atoms with van der Waals surface area (Å²) in [6.45, 7) is 6.52. The van der Waals surface area contributed by atoms with E-state index < -0.39 is 23.6 Å². The van der Waals surface area contributed by atoms with Crippen molar-refractivity contribution >= 4 is 11.8 Å². The molecule has 0 saturated heterocycles. The number of nitrogens with zero attached hydrogens (tertiary/aromatic N) is 1. The van der Waals surface area contributed by atoms with Crippen LogP contribution in [0.2, 0.25) is 0 Å². The summed E-state index contributed by atoms with van der Waals surface area (Å²) >= 11 is 0. The summed E-state index contributed by atoms with van der Waals surface area (Å²) in [6.07, 6.45) is 1.19. The standard InChI is InChI=1S/C19H32N4O3/c1-4-19(26,13-15-8-6-5-7-9-15)23(22-11-10-14(2)3)16(18(21)25)12-17(20)24/h5-9,14,16,22,26H,4,10-13H2,1-3H3,(H2,20,24)(H2,21,25). The molecule has 7 heteroatoms. The number of nitrogens with two attached hydrogens (primary N) is 2. The minimum atomic E-state index is -1.40. The molecule has 0 spiro atoms. The van der Waals surface area contributed by atoms with E-state index in [1.807, 2.05) is 37.3 Å². The smallest absolute Gasteiger partial charge is 0.236 e. The summed E-state index contributed by atoms with van der Waals surface area (Å²) in [5, 5.41) is 12.8. The Morgan fingerprint density at radius 3 is 2.31 bits per heavy atom. The predicted molar refractivity (Wildman–Crippen MR) is 101 cm³/mol. The first kappa shape index (κ1) is 22.1. The van der Waals surface area contributed by atoms with Crippen molar-refractivity contribution < 1.29 is 14.7 Å². The van der Waals surface area contributed by atoms with Gasteiger partial charge in [0.1, 0.15) is 11.8 Å². The summed E-state index contributed by atoms with van der Waals surface area (Å²) < 4.78 is 0. The van der Waals surface area contributed by atoms with Crippen LogP contribution < -0.4 is 16.9 Å². The molecule has 0 aliphatic heterocycles. The molecule has 7 nitrogen and oxygen atoms in total. The zero-order chi connectivity index (χ0) is 19.7. The first-order valence-corrected chi connectivity index (χ1v) is 9.06. The normalized spacial score (nSPS) is 15.0. The van der Waals surface area contributed by atoms with E-state index in [-0.39, 0.29) is 12.8 Å². The van der Waals surface area contributed by atoms with Crippen LogP contribution in [0.4, 0.5) is 0 Å². The number of hydrogen-bond donors (Lipinski definition) is 4. The van der Waals surface area contributed by atoms with Crippen LogP contribution in [0, 0.1) is 5.92 Å². The van der Waals surface area contributed by atoms with Crippen molar-refractivity contribution in [3.05, 3.63) is 35.9 Å². The van der Waals surface area contributed by atoms with Crippen molar-refractivity contribution in [1.29, 1.82) is 0 Å². The Bertz CT molecular complexity index is 579. The topological polar surface area (TPSA) is 122 Å². The lowest BCUT2D eigenvalue weighted by Gasteiger charge is -2.43. The van der Waals surface area contributed by atoms with Gasteiger partial charge in [0.05, 0.1) is 6.42 Å². The van der Waals surface area contributed by atoms with Gasteiger partial charge in [0.25, 0.3) is 0 Å². The number of amides is 2. The van der Waals surface area contributed by atoms with E-state index in [4.69, 9.17) is 11.5 Å². The Labute approximate surface area is 155 Å². The van der Waals surface area contributed by atoms with Crippen LogP contribution >= 0.6 is 0 Å². The quantitative estimate of drug-likeness (QED) is 0.324. The molecule has 0 saturated carbocycles. The molecule has 0 aliphatic rings. The maximum Gasteiger partial charge on any atom is 0.236 e. The molecule has 6 N–H and O–H groups in total. The van der Waals surface area contributed by atoms with Crippen LogP contribution in [0.25, 0.3) is 0 Å². The van der Waals surface area contributed by atoms with Crippen LogP contribution in [-0.2, 0) is 16.0 Å². The average molecular weight is 364 g/mol. The summed E-state index contributed by atoms with van der Waals surface area (Å²) in [5.74, 6) is -0.917. The van der Waals surface area contributed by atoms with Gasteiger partial charge in [-0.15, -0.1) is 0 Å². The van der Waals surface area contributed by atoms with Crippen LogP contribution in [0.5, 0.6) is 0 Å². The molecule has 0 heterocycles. The number of primary amides is 2. The Kier molecular flexibility index (Phi) is 8.71. The monoisotopic (exact) mass is 364 g/mol. The molecular weight excluding hydrogens is 332 g/mol. The molecule has 1 aromatic carbocycles. The molecule has 0 aromatic heterocycles. The number of aliphatic hydroxyl groups is 1. The Morgan fingerprint density at radius 1 is 1.23 bits per heavy atom. The van der Waals surface area contributed by atoms with Gasteiger partial charge in [0.2, 0.25) is 11.8 Å². The second-order valence-corrected chi connectivity index (χ2v) is 7.05. The SMILES string of the molecule is CCC(O)(Cc1ccccc1)N(NCCC(C)C)C(CC(N)=O)C(N)=O. The van der Waals surface area contributed by atoms with Gasteiger partial charge < -0.3 is 16.6 Å². The minimum Gasteiger partial charge on any atom is -0.374 e. The van der Waals surface area contributed by atoms with Crippen molar-refractivity contribution in [3.8, 4) is 0 Å². The first-order chi connectivity index (χ1) is 12.2. The largest absolute Gasteiger partial charge is 0.374 e. The van der Waals surface area contributed by atoms with Gasteiger partial charge in [-0.3, -0.25) is 15.0 Å². The van der Waals surface area contributed by atoms with Gasteiger partial charge in [-0.05, 0) is 24.3 Å². The lowest BCUT2D eigenvalue weighted by atomic mass is 9.97. The van der Waals surface area contributed by atoms with Gasteiger partial charge in [-0.2, -0.15) is 0 Å². The number of hydrazine groups is 1. The lowest BCUT2D eigenvalue weighted by Crippen LogP contribution is -2.64. The van der Waals surface area contributed by atoms with E-state index in [2.05, 4.69) is 19.3 Å². The molecule has 1 rings (SSSR count). The molecule has 0 aliphatic carbocycles. The molecular formula is C19H32N4O3. The van der Waals surface area contributed by atoms with Crippen LogP contribution in [0.15, 0.2) is 30.3 Å². The maximum absolute atomic E-state index is 12.0. The minimum absolute atomic E-state index is 0.263. The number of carbonyl (C=O) groups is 2. The average Bonchev–Trinajstić information content (AvgIpc) is 2.57. The number of rotatable bonds is 12. The maximum atomic E-state index is 12.0. The zero-order valence-electron chi connectivity index (χ0n) is 15.9. The van der Waals surface area contributed by atoms with E-state index in [0.717, 1.165) is 12.0 Å². The highest BCUT2D eigenvalue weighted by Crippen LogP contribution is 2.24. The highest BCUT2D eigenvalue weighted by atomic mass is 16.3. The highest BCUT2D eigenvalue weighted by Gasteiger charge is 2.40. The molecule has 2 unspecified atom stereocenters. The van der Waals surface area contributed by atoms with Gasteiger partial charge in [-0.25, -0.2) is 5.01 Å². The van der Waals surface area contributed by atoms with Crippen LogP contribution in [-0.4, -0.2) is 40.2 Å². The third-order valence-corrected chi connectivity index (χ3v) is 4.38. The third kappa shape index (κ3) is 6.74. The fraction of sp³-hybridized carbons (Fsp3) is 0.579. The van der Waals surface area contributed by atoms with E-state index in [1.54, 1.807) is 0 Å². The molecule has 0 radical (unpaired) electrons. The van der Waals surface area contributed by atoms with Crippen molar-refractivity contribution in [3.63, 3.8) is 0 Å². The van der Waals surface area contributed by atoms with E-state index in [9.17, 15) is 14.7 Å². The van der Waals surface area contributed by atoms with E-state index in [0.29, 0.717) is 18.9 Å². The Hall–Kier alpha value is -1.96. The van der Waals surface area contributed by atoms with Crippen molar-refractivity contribution in [2.24, 2.45) is 17.4 Å². The number of benzene rings is 1. The number of carbonyl (C=O) groups excluding carboxylic acids is 2. The van der Waals surface area contributed by atoms with Gasteiger partial charge in [-0.1, -0.05) is 51.1 Å². The Balaban J connectivity index is 3.15. The third-order valence-electron chi connectivity index (χ3n) is 4.38. The van der Waals surface area contributed by atoms with Crippen molar-refractivity contribution in [2.75, 3.05) is 6.54 Å². The highest BCUT2D eigenvalue weighted by molar-refractivity contribution is 5.86. The first-order valence-electron chi connectivity index (χ1n) is 9.06. The molecule has 2 amide bonds. The van der Waals surface area contributed by atoms with Crippen LogP contribution in [0.3, 0.4) is 0 Å². The summed E-state index contributed by atoms with van der Waals surface area (Å²) in [5.41, 5.74) is 13.5. The molecule has 26 heavy (non-hydrogen) atoms. The molecule has 0 fully saturated rings. The lowest BCUT2D eigenvalue weighted by molar-refractivity contribution is -0.170. The summed E-state index contributed by atoms with van der Waals surface area (Å²) in [4.78, 5) is 23.5. The second-order valence-electron chi connectivity index (χ2n) is 7.05. The van der Waals surface area contributed by atoms with Gasteiger partial charge in [0.15, 0.2) is 0 Å². The fourth-order valence-electron chi connectivity index (χ4n) is 2.83. The molecule has 0 bridgehead atoms. The van der Waals surface area contributed by atoms with E-state index in [1.165, 1.54) is 5.01 Å².